The number of carboxylic acids is 1. The Labute approximate surface area is 235 Å². The highest BCUT2D eigenvalue weighted by Gasteiger charge is 2.26. The summed E-state index contributed by atoms with van der Waals surface area (Å²) in [6.45, 7) is 2.54. The van der Waals surface area contributed by atoms with Crippen molar-refractivity contribution in [3.05, 3.63) is 58.1 Å². The Morgan fingerprint density at radius 3 is 2.31 bits per heavy atom. The van der Waals surface area contributed by atoms with Crippen LogP contribution in [0.3, 0.4) is 0 Å². The molecule has 1 unspecified atom stereocenters. The number of amides is 1. The quantitative estimate of drug-likeness (QED) is 0.204. The van der Waals surface area contributed by atoms with Crippen molar-refractivity contribution in [1.82, 2.24) is 4.90 Å². The zero-order chi connectivity index (χ0) is 28.8. The van der Waals surface area contributed by atoms with Crippen molar-refractivity contribution < 1.29 is 42.1 Å². The van der Waals surface area contributed by atoms with Crippen LogP contribution in [0.5, 0.6) is 11.5 Å². The van der Waals surface area contributed by atoms with Gasteiger partial charge in [0.05, 0.1) is 11.6 Å². The molecule has 1 amide bonds. The van der Waals surface area contributed by atoms with Crippen LogP contribution in [0.1, 0.15) is 44.6 Å². The van der Waals surface area contributed by atoms with E-state index >= 15 is 0 Å². The molecule has 0 aliphatic heterocycles. The molecule has 2 rings (SSSR count). The molecular formula is C27H32Cl2F3NO6. The highest BCUT2D eigenvalue weighted by molar-refractivity contribution is 6.35. The smallest absolute Gasteiger partial charge is 0.415 e. The Kier molecular flexibility index (Phi) is 13.7. The van der Waals surface area contributed by atoms with Gasteiger partial charge < -0.3 is 24.2 Å². The minimum absolute atomic E-state index is 0.0330. The first-order valence-electron chi connectivity index (χ1n) is 12.5. The fourth-order valence-corrected chi connectivity index (χ4v) is 4.07. The van der Waals surface area contributed by atoms with Crippen LogP contribution in [0.2, 0.25) is 10.0 Å². The van der Waals surface area contributed by atoms with Gasteiger partial charge in [0.1, 0.15) is 12.4 Å². The van der Waals surface area contributed by atoms with E-state index in [1.807, 2.05) is 0 Å². The van der Waals surface area contributed by atoms with E-state index in [1.54, 1.807) is 31.2 Å². The summed E-state index contributed by atoms with van der Waals surface area (Å²) in [6, 6.07) is 11.3. The average molecular weight is 594 g/mol. The lowest BCUT2D eigenvalue weighted by molar-refractivity contribution is -0.150. The number of alkyl halides is 3. The third-order valence-corrected chi connectivity index (χ3v) is 6.14. The first-order valence-corrected chi connectivity index (χ1v) is 13.3. The van der Waals surface area contributed by atoms with E-state index in [0.29, 0.717) is 30.0 Å². The maximum Gasteiger partial charge on any atom is 0.415 e. The summed E-state index contributed by atoms with van der Waals surface area (Å²) in [5.74, 6) is -0.392. The second kappa shape index (κ2) is 16.4. The maximum atomic E-state index is 12.8. The second-order valence-electron chi connectivity index (χ2n) is 8.69. The van der Waals surface area contributed by atoms with E-state index in [9.17, 15) is 27.9 Å². The van der Waals surface area contributed by atoms with Gasteiger partial charge in [-0.3, -0.25) is 0 Å². The predicted molar refractivity (Wildman–Crippen MR) is 142 cm³/mol. The van der Waals surface area contributed by atoms with Crippen LogP contribution in [0.4, 0.5) is 18.0 Å². The third-order valence-electron chi connectivity index (χ3n) is 5.61. The van der Waals surface area contributed by atoms with E-state index in [-0.39, 0.29) is 49.9 Å². The van der Waals surface area contributed by atoms with E-state index in [1.165, 1.54) is 23.1 Å². The van der Waals surface area contributed by atoms with Crippen LogP contribution >= 0.6 is 23.2 Å². The molecule has 0 spiro atoms. The second-order valence-corrected chi connectivity index (χ2v) is 9.53. The van der Waals surface area contributed by atoms with E-state index < -0.39 is 30.8 Å². The minimum Gasteiger partial charge on any atom is -0.492 e. The molecule has 0 saturated carbocycles. The van der Waals surface area contributed by atoms with E-state index in [0.717, 1.165) is 5.56 Å². The number of aliphatic carboxylic acids is 1. The van der Waals surface area contributed by atoms with Crippen molar-refractivity contribution in [3.8, 4) is 11.5 Å². The zero-order valence-electron chi connectivity index (χ0n) is 21.5. The lowest BCUT2D eigenvalue weighted by Crippen LogP contribution is -2.37. The van der Waals surface area contributed by atoms with Crippen LogP contribution in [-0.4, -0.2) is 60.7 Å². The maximum absolute atomic E-state index is 12.8. The Balaban J connectivity index is 1.93. The molecule has 0 saturated heterocycles. The molecule has 216 valence electrons. The molecule has 0 aliphatic carbocycles. The number of hydrogen-bond acceptors (Lipinski definition) is 5. The van der Waals surface area contributed by atoms with Gasteiger partial charge in [0.2, 0.25) is 0 Å². The minimum atomic E-state index is -4.18. The predicted octanol–water partition coefficient (Wildman–Crippen LogP) is 7.42. The highest BCUT2D eigenvalue weighted by atomic mass is 35.5. The van der Waals surface area contributed by atoms with Gasteiger partial charge in [-0.05, 0) is 55.7 Å². The molecule has 0 heterocycles. The summed E-state index contributed by atoms with van der Waals surface area (Å²) < 4.78 is 53.4. The molecule has 1 N–H and O–H groups in total. The van der Waals surface area contributed by atoms with Crippen LogP contribution in [0, 0.1) is 0 Å². The third kappa shape index (κ3) is 12.8. The van der Waals surface area contributed by atoms with E-state index in [4.69, 9.17) is 37.4 Å². The van der Waals surface area contributed by atoms with Crippen molar-refractivity contribution in [2.24, 2.45) is 0 Å². The number of carbonyl (C=O) groups excluding carboxylic acids is 1. The lowest BCUT2D eigenvalue weighted by Gasteiger charge is -2.22. The summed E-state index contributed by atoms with van der Waals surface area (Å²) in [4.78, 5) is 25.5. The molecule has 0 radical (unpaired) electrons. The number of rotatable bonds is 16. The summed E-state index contributed by atoms with van der Waals surface area (Å²) in [6.07, 6.45) is -4.99. The Morgan fingerprint density at radius 1 is 1.00 bits per heavy atom. The molecule has 2 aromatic rings. The number of halogens is 5. The van der Waals surface area contributed by atoms with Crippen LogP contribution < -0.4 is 9.47 Å². The molecule has 2 aromatic carbocycles. The molecule has 7 nitrogen and oxygen atoms in total. The Hall–Kier alpha value is -2.69. The van der Waals surface area contributed by atoms with Crippen molar-refractivity contribution in [2.75, 3.05) is 26.3 Å². The fraction of sp³-hybridized carbons (Fsp3) is 0.481. The van der Waals surface area contributed by atoms with Gasteiger partial charge in [0.25, 0.3) is 0 Å². The average Bonchev–Trinajstić information content (AvgIpc) is 2.86. The van der Waals surface area contributed by atoms with Gasteiger partial charge >= 0.3 is 18.2 Å². The number of ether oxygens (including phenoxy) is 3. The Bertz CT molecular complexity index is 1050. The molecular weight excluding hydrogens is 562 g/mol. The van der Waals surface area contributed by atoms with Gasteiger partial charge in [-0.15, -0.1) is 0 Å². The molecule has 1 atom stereocenters. The van der Waals surface area contributed by atoms with Crippen LogP contribution in [0.15, 0.2) is 42.5 Å². The largest absolute Gasteiger partial charge is 0.492 e. The van der Waals surface area contributed by atoms with Gasteiger partial charge in [-0.2, -0.15) is 13.2 Å². The zero-order valence-corrected chi connectivity index (χ0v) is 23.0. The van der Waals surface area contributed by atoms with Gasteiger partial charge in [-0.25, -0.2) is 9.59 Å². The molecule has 0 aromatic heterocycles. The molecule has 0 fully saturated rings. The number of nitrogens with zero attached hydrogens (tertiary/aromatic N) is 1. The number of carboxylic acid groups (broad SMARTS) is 1. The molecule has 0 aliphatic rings. The molecule has 39 heavy (non-hydrogen) atoms. The van der Waals surface area contributed by atoms with Gasteiger partial charge in [0, 0.05) is 31.0 Å². The van der Waals surface area contributed by atoms with Crippen molar-refractivity contribution in [3.63, 3.8) is 0 Å². The number of unbranched alkanes of at least 4 members (excludes halogenated alkanes) is 3. The van der Waals surface area contributed by atoms with Crippen LogP contribution in [0.25, 0.3) is 0 Å². The Morgan fingerprint density at radius 2 is 1.69 bits per heavy atom. The van der Waals surface area contributed by atoms with Crippen molar-refractivity contribution in [2.45, 2.75) is 57.7 Å². The fourth-order valence-electron chi connectivity index (χ4n) is 3.62. The molecule has 12 heteroatoms. The molecule has 0 bridgehead atoms. The topological polar surface area (TPSA) is 85.3 Å². The number of benzene rings is 2. The standard InChI is InChI=1S/C27H32Cl2F3NO6/c1-2-37-24(25(34)35)17-19-7-10-21(11-8-19)38-16-15-33(14-6-4-3-5-13-27(30,31)32)26(36)39-23-12-9-20(28)18-22(23)29/h7-12,18,24H,2-6,13-17H2,1H3,(H,34,35). The van der Waals surface area contributed by atoms with Crippen molar-refractivity contribution in [1.29, 1.82) is 0 Å². The highest BCUT2D eigenvalue weighted by Crippen LogP contribution is 2.28. The summed E-state index contributed by atoms with van der Waals surface area (Å²) in [7, 11) is 0. The summed E-state index contributed by atoms with van der Waals surface area (Å²) >= 11 is 12.0. The SMILES string of the molecule is CCOC(Cc1ccc(OCCN(CCCCCCC(F)(F)F)C(=O)Oc2ccc(Cl)cc2Cl)cc1)C(=O)O. The lowest BCUT2D eigenvalue weighted by atomic mass is 10.1. The number of carbonyl (C=O) groups is 2. The van der Waals surface area contributed by atoms with Gasteiger partial charge in [-0.1, -0.05) is 48.2 Å². The first-order chi connectivity index (χ1) is 18.5. The van der Waals surface area contributed by atoms with E-state index in [2.05, 4.69) is 0 Å². The normalized spacial score (nSPS) is 12.2. The first kappa shape index (κ1) is 32.5. The monoisotopic (exact) mass is 593 g/mol. The van der Waals surface area contributed by atoms with Gasteiger partial charge in [0.15, 0.2) is 11.9 Å². The van der Waals surface area contributed by atoms with Crippen LogP contribution in [-0.2, 0) is 16.0 Å². The summed E-state index contributed by atoms with van der Waals surface area (Å²) in [5.41, 5.74) is 0.763. The van der Waals surface area contributed by atoms with Crippen molar-refractivity contribution >= 4 is 35.3 Å². The summed E-state index contributed by atoms with van der Waals surface area (Å²) in [5, 5.41) is 9.78. The number of hydrogen-bond donors (Lipinski definition) is 1.